The quantitative estimate of drug-likeness (QED) is 0.655. The third-order valence-electron chi connectivity index (χ3n) is 3.15. The standard InChI is InChI=1S/C15H14N4O5S/c1-2-23-12(21)6-9-8-25-14(17-9)18-11(20)7-19-13-10(24-15(19)22)4-3-5-16-13/h3-5,8H,2,6-7H2,1H3,(H,17,18,20). The first-order chi connectivity index (χ1) is 12.1. The highest BCUT2D eigenvalue weighted by Gasteiger charge is 2.15. The van der Waals surface area contributed by atoms with Crippen molar-refractivity contribution in [1.29, 1.82) is 0 Å². The Balaban J connectivity index is 1.67. The zero-order chi connectivity index (χ0) is 17.8. The summed E-state index contributed by atoms with van der Waals surface area (Å²) in [6.45, 7) is 1.77. The molecule has 3 aromatic heterocycles. The van der Waals surface area contributed by atoms with Crippen LogP contribution in [0.4, 0.5) is 5.13 Å². The van der Waals surface area contributed by atoms with Gasteiger partial charge in [0.05, 0.1) is 18.7 Å². The second-order valence-corrected chi connectivity index (χ2v) is 5.81. The average Bonchev–Trinajstić information content (AvgIpc) is 3.12. The lowest BCUT2D eigenvalue weighted by atomic mass is 10.3. The van der Waals surface area contributed by atoms with Crippen LogP contribution >= 0.6 is 11.3 Å². The Morgan fingerprint density at radius 3 is 3.08 bits per heavy atom. The van der Waals surface area contributed by atoms with Gasteiger partial charge in [0.2, 0.25) is 5.91 Å². The van der Waals surface area contributed by atoms with E-state index in [1.165, 1.54) is 17.5 Å². The number of nitrogens with one attached hydrogen (secondary N) is 1. The molecule has 0 aromatic carbocycles. The number of fused-ring (bicyclic) bond motifs is 1. The molecule has 0 unspecified atom stereocenters. The molecule has 0 saturated carbocycles. The van der Waals surface area contributed by atoms with Crippen LogP contribution in [-0.4, -0.2) is 33.0 Å². The lowest BCUT2D eigenvalue weighted by molar-refractivity contribution is -0.142. The fraction of sp³-hybridized carbons (Fsp3) is 0.267. The summed E-state index contributed by atoms with van der Waals surface area (Å²) in [5, 5.41) is 4.58. The third kappa shape index (κ3) is 3.91. The highest BCUT2D eigenvalue weighted by molar-refractivity contribution is 7.13. The number of pyridine rings is 1. The molecule has 3 aromatic rings. The van der Waals surface area contributed by atoms with Crippen molar-refractivity contribution in [2.24, 2.45) is 0 Å². The molecule has 10 heteroatoms. The lowest BCUT2D eigenvalue weighted by Crippen LogP contribution is -2.25. The van der Waals surface area contributed by atoms with E-state index in [0.29, 0.717) is 28.7 Å². The number of esters is 1. The number of hydrogen-bond donors (Lipinski definition) is 1. The topological polar surface area (TPSA) is 116 Å². The summed E-state index contributed by atoms with van der Waals surface area (Å²) in [6, 6.07) is 3.23. The number of anilines is 1. The Kier molecular flexibility index (Phi) is 4.89. The molecule has 130 valence electrons. The van der Waals surface area contributed by atoms with E-state index in [-0.39, 0.29) is 18.9 Å². The third-order valence-corrected chi connectivity index (χ3v) is 3.96. The van der Waals surface area contributed by atoms with Crippen LogP contribution < -0.4 is 11.1 Å². The maximum atomic E-state index is 12.1. The largest absolute Gasteiger partial charge is 0.466 e. The van der Waals surface area contributed by atoms with E-state index < -0.39 is 11.7 Å². The molecule has 0 fully saturated rings. The molecule has 0 radical (unpaired) electrons. The Hall–Kier alpha value is -3.01. The number of carbonyl (C=O) groups excluding carboxylic acids is 2. The molecule has 0 atom stereocenters. The first kappa shape index (κ1) is 16.8. The van der Waals surface area contributed by atoms with E-state index in [1.54, 1.807) is 24.4 Å². The van der Waals surface area contributed by atoms with Crippen molar-refractivity contribution in [3.8, 4) is 0 Å². The van der Waals surface area contributed by atoms with Crippen molar-refractivity contribution < 1.29 is 18.7 Å². The van der Waals surface area contributed by atoms with E-state index in [1.807, 2.05) is 0 Å². The molecule has 0 aliphatic rings. The summed E-state index contributed by atoms with van der Waals surface area (Å²) in [5.74, 6) is -1.49. The van der Waals surface area contributed by atoms with Gasteiger partial charge in [0, 0.05) is 11.6 Å². The molecule has 25 heavy (non-hydrogen) atoms. The van der Waals surface area contributed by atoms with E-state index >= 15 is 0 Å². The molecule has 1 N–H and O–H groups in total. The van der Waals surface area contributed by atoms with Gasteiger partial charge in [-0.1, -0.05) is 0 Å². The van der Waals surface area contributed by atoms with Crippen LogP contribution in [0.15, 0.2) is 32.9 Å². The zero-order valence-corrected chi connectivity index (χ0v) is 14.0. The normalized spacial score (nSPS) is 10.8. The molecule has 0 bridgehead atoms. The fourth-order valence-electron chi connectivity index (χ4n) is 2.15. The number of nitrogens with zero attached hydrogens (tertiary/aromatic N) is 3. The molecule has 3 heterocycles. The summed E-state index contributed by atoms with van der Waals surface area (Å²) in [7, 11) is 0. The minimum Gasteiger partial charge on any atom is -0.466 e. The van der Waals surface area contributed by atoms with Crippen LogP contribution in [0.3, 0.4) is 0 Å². The second-order valence-electron chi connectivity index (χ2n) is 4.95. The highest BCUT2D eigenvalue weighted by atomic mass is 32.1. The number of oxazole rings is 1. The van der Waals surface area contributed by atoms with E-state index in [0.717, 1.165) is 4.57 Å². The molecule has 9 nitrogen and oxygen atoms in total. The van der Waals surface area contributed by atoms with Gasteiger partial charge in [0.25, 0.3) is 0 Å². The van der Waals surface area contributed by atoms with Gasteiger partial charge < -0.3 is 14.5 Å². The molecule has 0 aliphatic heterocycles. The molecule has 0 aliphatic carbocycles. The van der Waals surface area contributed by atoms with Gasteiger partial charge >= 0.3 is 11.7 Å². The first-order valence-electron chi connectivity index (χ1n) is 7.41. The molecular formula is C15H14N4O5S. The Labute approximate surface area is 145 Å². The van der Waals surface area contributed by atoms with E-state index in [9.17, 15) is 14.4 Å². The number of ether oxygens (including phenoxy) is 1. The summed E-state index contributed by atoms with van der Waals surface area (Å²) >= 11 is 1.18. The fourth-order valence-corrected chi connectivity index (χ4v) is 2.87. The number of rotatable bonds is 6. The summed E-state index contributed by atoms with van der Waals surface area (Å²) in [4.78, 5) is 43.6. The van der Waals surface area contributed by atoms with Crippen molar-refractivity contribution in [2.75, 3.05) is 11.9 Å². The monoisotopic (exact) mass is 362 g/mol. The van der Waals surface area contributed by atoms with E-state index in [2.05, 4.69) is 15.3 Å². The van der Waals surface area contributed by atoms with Gasteiger partial charge in [-0.15, -0.1) is 11.3 Å². The predicted octanol–water partition coefficient (Wildman–Crippen LogP) is 1.19. The minimum atomic E-state index is -0.661. The number of carbonyl (C=O) groups is 2. The summed E-state index contributed by atoms with van der Waals surface area (Å²) in [6.07, 6.45) is 1.55. The minimum absolute atomic E-state index is 0.0377. The van der Waals surface area contributed by atoms with Crippen molar-refractivity contribution in [2.45, 2.75) is 19.9 Å². The molecule has 3 rings (SSSR count). The van der Waals surface area contributed by atoms with Gasteiger partial charge in [-0.3, -0.25) is 9.59 Å². The van der Waals surface area contributed by atoms with Gasteiger partial charge in [0.15, 0.2) is 16.4 Å². The maximum absolute atomic E-state index is 12.1. The number of amides is 1. The van der Waals surface area contributed by atoms with Gasteiger partial charge in [-0.2, -0.15) is 0 Å². The average molecular weight is 362 g/mol. The van der Waals surface area contributed by atoms with Crippen LogP contribution in [-0.2, 0) is 27.3 Å². The van der Waals surface area contributed by atoms with Crippen LogP contribution in [0.25, 0.3) is 11.2 Å². The smallest absolute Gasteiger partial charge is 0.421 e. The highest BCUT2D eigenvalue weighted by Crippen LogP contribution is 2.16. The molecular weight excluding hydrogens is 348 g/mol. The zero-order valence-electron chi connectivity index (χ0n) is 13.2. The second kappa shape index (κ2) is 7.26. The lowest BCUT2D eigenvalue weighted by Gasteiger charge is -2.02. The van der Waals surface area contributed by atoms with Crippen LogP contribution in [0.5, 0.6) is 0 Å². The van der Waals surface area contributed by atoms with Gasteiger partial charge in [0.1, 0.15) is 6.54 Å². The Bertz CT molecular complexity index is 974. The summed E-state index contributed by atoms with van der Waals surface area (Å²) in [5.41, 5.74) is 1.11. The van der Waals surface area contributed by atoms with E-state index in [4.69, 9.17) is 9.15 Å². The van der Waals surface area contributed by atoms with Gasteiger partial charge in [-0.25, -0.2) is 19.3 Å². The molecule has 0 saturated heterocycles. The SMILES string of the molecule is CCOC(=O)Cc1csc(NC(=O)Cn2c(=O)oc3cccnc32)n1. The van der Waals surface area contributed by atoms with Crippen LogP contribution in [0, 0.1) is 0 Å². The molecule has 1 amide bonds. The Morgan fingerprint density at radius 2 is 2.28 bits per heavy atom. The van der Waals surface area contributed by atoms with Crippen molar-refractivity contribution >= 4 is 39.6 Å². The number of thiazole rings is 1. The number of aromatic nitrogens is 3. The van der Waals surface area contributed by atoms with Crippen molar-refractivity contribution in [3.63, 3.8) is 0 Å². The predicted molar refractivity (Wildman–Crippen MR) is 89.3 cm³/mol. The maximum Gasteiger partial charge on any atom is 0.421 e. The van der Waals surface area contributed by atoms with Crippen molar-refractivity contribution in [1.82, 2.24) is 14.5 Å². The first-order valence-corrected chi connectivity index (χ1v) is 8.29. The van der Waals surface area contributed by atoms with Crippen LogP contribution in [0.1, 0.15) is 12.6 Å². The Morgan fingerprint density at radius 1 is 1.44 bits per heavy atom. The molecule has 0 spiro atoms. The van der Waals surface area contributed by atoms with Crippen LogP contribution in [0.2, 0.25) is 0 Å². The number of hydrogen-bond acceptors (Lipinski definition) is 8. The summed E-state index contributed by atoms with van der Waals surface area (Å²) < 4.78 is 11.0. The van der Waals surface area contributed by atoms with Gasteiger partial charge in [-0.05, 0) is 19.1 Å². The van der Waals surface area contributed by atoms with Crippen molar-refractivity contribution in [3.05, 3.63) is 40.0 Å².